The number of benzene rings is 1. The topological polar surface area (TPSA) is 101 Å². The van der Waals surface area contributed by atoms with Crippen LogP contribution in [0.3, 0.4) is 0 Å². The lowest BCUT2D eigenvalue weighted by atomic mass is 10.0. The molecule has 1 aliphatic heterocycles. The molecule has 0 aromatic heterocycles. The summed E-state index contributed by atoms with van der Waals surface area (Å²) in [5.41, 5.74) is 0. The van der Waals surface area contributed by atoms with E-state index in [1.165, 1.54) is 35.6 Å². The van der Waals surface area contributed by atoms with E-state index in [0.29, 0.717) is 12.8 Å². The van der Waals surface area contributed by atoms with Crippen molar-refractivity contribution in [2.75, 3.05) is 19.8 Å². The van der Waals surface area contributed by atoms with Gasteiger partial charge in [0.15, 0.2) is 9.84 Å². The number of hydrogen-bond acceptors (Lipinski definition) is 5. The molecule has 0 aliphatic carbocycles. The second-order valence-corrected chi connectivity index (χ2v) is 9.39. The molecule has 1 amide bonds. The Morgan fingerprint density at radius 1 is 1.09 bits per heavy atom. The summed E-state index contributed by atoms with van der Waals surface area (Å²) in [6.07, 6.45) is 3.01. The lowest BCUT2D eigenvalue weighted by Gasteiger charge is -2.33. The predicted octanol–water partition coefficient (Wildman–Crippen LogP) is 0.379. The van der Waals surface area contributed by atoms with Crippen LogP contribution in [0.5, 0.6) is 0 Å². The summed E-state index contributed by atoms with van der Waals surface area (Å²) in [4.78, 5) is 12.0. The fraction of sp³-hybridized carbons (Fsp3) is 0.500. The zero-order valence-corrected chi connectivity index (χ0v) is 14.7. The molecule has 1 aliphatic rings. The fourth-order valence-electron chi connectivity index (χ4n) is 2.62. The average molecular weight is 360 g/mol. The molecule has 9 heteroatoms. The first kappa shape index (κ1) is 17.9. The highest BCUT2D eigenvalue weighted by Crippen LogP contribution is 2.26. The maximum atomic E-state index is 12.8. The number of carbonyl (C=O) groups is 1. The van der Waals surface area contributed by atoms with Crippen LogP contribution < -0.4 is 5.32 Å². The molecular weight excluding hydrogens is 340 g/mol. The Bertz CT molecular complexity index is 785. The maximum Gasteiger partial charge on any atom is 0.243 e. The molecule has 128 valence electrons. The zero-order chi connectivity index (χ0) is 17.3. The summed E-state index contributed by atoms with van der Waals surface area (Å²) in [5, 5.41) is 2.49. The van der Waals surface area contributed by atoms with E-state index in [1.54, 1.807) is 0 Å². The third-order valence-corrected chi connectivity index (χ3v) is 6.91. The van der Waals surface area contributed by atoms with Crippen LogP contribution >= 0.6 is 0 Å². The van der Waals surface area contributed by atoms with Gasteiger partial charge in [-0.1, -0.05) is 6.42 Å². The molecule has 1 N–H and O–H groups in total. The zero-order valence-electron chi connectivity index (χ0n) is 13.0. The third-order valence-electron chi connectivity index (χ3n) is 3.86. The van der Waals surface area contributed by atoms with Crippen LogP contribution in [0.1, 0.15) is 19.3 Å². The molecule has 7 nitrogen and oxygen atoms in total. The van der Waals surface area contributed by atoms with Crippen molar-refractivity contribution in [1.29, 1.82) is 0 Å². The predicted molar refractivity (Wildman–Crippen MR) is 85.1 cm³/mol. The summed E-state index contributed by atoms with van der Waals surface area (Å²) in [6.45, 7) is 0.272. The van der Waals surface area contributed by atoms with Crippen molar-refractivity contribution in [1.82, 2.24) is 9.62 Å². The number of amides is 1. The number of sulfonamides is 1. The van der Waals surface area contributed by atoms with Crippen LogP contribution in [-0.4, -0.2) is 52.9 Å². The Morgan fingerprint density at radius 2 is 1.65 bits per heavy atom. The van der Waals surface area contributed by atoms with Crippen molar-refractivity contribution in [3.05, 3.63) is 24.3 Å². The standard InChI is InChI=1S/C14H20N2O5S2/c1-15-14(17)13-5-3-4-10-16(13)23(20,21)12-8-6-11(7-9-12)22(2,18)19/h6-9,13H,3-5,10H2,1-2H3,(H,15,17). The van der Waals surface area contributed by atoms with Crippen LogP contribution in [0.4, 0.5) is 0 Å². The fourth-order valence-corrected chi connectivity index (χ4v) is 4.90. The first-order valence-corrected chi connectivity index (χ1v) is 10.5. The van der Waals surface area contributed by atoms with E-state index in [-0.39, 0.29) is 22.2 Å². The van der Waals surface area contributed by atoms with Gasteiger partial charge in [0.25, 0.3) is 0 Å². The van der Waals surface area contributed by atoms with Gasteiger partial charge in [0, 0.05) is 19.8 Å². The summed E-state index contributed by atoms with van der Waals surface area (Å²) < 4.78 is 49.7. The molecule has 0 saturated carbocycles. The van der Waals surface area contributed by atoms with Gasteiger partial charge in [-0.25, -0.2) is 16.8 Å². The Morgan fingerprint density at radius 3 is 2.17 bits per heavy atom. The highest BCUT2D eigenvalue weighted by atomic mass is 32.2. The van der Waals surface area contributed by atoms with Crippen molar-refractivity contribution in [2.45, 2.75) is 35.1 Å². The smallest absolute Gasteiger partial charge is 0.243 e. The molecule has 1 aromatic carbocycles. The van der Waals surface area contributed by atoms with Gasteiger partial charge in [-0.15, -0.1) is 0 Å². The SMILES string of the molecule is CNC(=O)C1CCCCN1S(=O)(=O)c1ccc(S(C)(=O)=O)cc1. The Balaban J connectivity index is 2.38. The monoisotopic (exact) mass is 360 g/mol. The molecule has 1 aromatic rings. The summed E-state index contributed by atoms with van der Waals surface area (Å²) in [7, 11) is -5.77. The highest BCUT2D eigenvalue weighted by molar-refractivity contribution is 7.90. The van der Waals surface area contributed by atoms with Gasteiger partial charge in [-0.05, 0) is 37.1 Å². The third kappa shape index (κ3) is 3.73. The molecular formula is C14H20N2O5S2. The van der Waals surface area contributed by atoms with E-state index in [0.717, 1.165) is 12.7 Å². The van der Waals surface area contributed by atoms with Gasteiger partial charge in [0.2, 0.25) is 15.9 Å². The molecule has 0 radical (unpaired) electrons. The largest absolute Gasteiger partial charge is 0.358 e. The van der Waals surface area contributed by atoms with Gasteiger partial charge in [0.1, 0.15) is 6.04 Å². The molecule has 1 unspecified atom stereocenters. The van der Waals surface area contributed by atoms with Crippen LogP contribution in [-0.2, 0) is 24.7 Å². The molecule has 0 bridgehead atoms. The average Bonchev–Trinajstić information content (AvgIpc) is 2.53. The van der Waals surface area contributed by atoms with Gasteiger partial charge in [-0.2, -0.15) is 4.31 Å². The van der Waals surface area contributed by atoms with Crippen molar-refractivity contribution < 1.29 is 21.6 Å². The highest BCUT2D eigenvalue weighted by Gasteiger charge is 2.37. The summed E-state index contributed by atoms with van der Waals surface area (Å²) in [5.74, 6) is -0.332. The van der Waals surface area contributed by atoms with Crippen LogP contribution in [0, 0.1) is 0 Å². The number of rotatable bonds is 4. The minimum atomic E-state index is -3.85. The van der Waals surface area contributed by atoms with Gasteiger partial charge in [0.05, 0.1) is 9.79 Å². The normalized spacial score (nSPS) is 20.2. The molecule has 1 atom stereocenters. The van der Waals surface area contributed by atoms with Crippen molar-refractivity contribution >= 4 is 25.8 Å². The first-order chi connectivity index (χ1) is 10.7. The van der Waals surface area contributed by atoms with Gasteiger partial charge < -0.3 is 5.32 Å². The second kappa shape index (κ2) is 6.58. The van der Waals surface area contributed by atoms with Gasteiger partial charge >= 0.3 is 0 Å². The van der Waals surface area contributed by atoms with Crippen LogP contribution in [0.25, 0.3) is 0 Å². The van der Waals surface area contributed by atoms with E-state index in [1.807, 2.05) is 0 Å². The van der Waals surface area contributed by atoms with Gasteiger partial charge in [-0.3, -0.25) is 4.79 Å². The first-order valence-electron chi connectivity index (χ1n) is 7.21. The minimum absolute atomic E-state index is 0.0132. The number of sulfone groups is 1. The van der Waals surface area contributed by atoms with E-state index >= 15 is 0 Å². The molecule has 2 rings (SSSR count). The Hall–Kier alpha value is -1.45. The van der Waals surface area contributed by atoms with E-state index in [4.69, 9.17) is 0 Å². The number of hydrogen-bond donors (Lipinski definition) is 1. The molecule has 23 heavy (non-hydrogen) atoms. The summed E-state index contributed by atoms with van der Waals surface area (Å²) in [6, 6.07) is 4.33. The van der Waals surface area contributed by atoms with Crippen molar-refractivity contribution in [2.24, 2.45) is 0 Å². The lowest BCUT2D eigenvalue weighted by Crippen LogP contribution is -2.51. The van der Waals surface area contributed by atoms with Crippen LogP contribution in [0.2, 0.25) is 0 Å². The quantitative estimate of drug-likeness (QED) is 0.836. The molecule has 1 saturated heterocycles. The molecule has 1 fully saturated rings. The number of nitrogens with zero attached hydrogens (tertiary/aromatic N) is 1. The number of likely N-dealkylation sites (N-methyl/N-ethyl adjacent to an activating group) is 1. The van der Waals surface area contributed by atoms with Crippen molar-refractivity contribution in [3.63, 3.8) is 0 Å². The Kier molecular flexibility index (Phi) is 5.12. The summed E-state index contributed by atoms with van der Waals surface area (Å²) >= 11 is 0. The molecule has 0 spiro atoms. The minimum Gasteiger partial charge on any atom is -0.358 e. The lowest BCUT2D eigenvalue weighted by molar-refractivity contribution is -0.125. The van der Waals surface area contributed by atoms with Crippen molar-refractivity contribution in [3.8, 4) is 0 Å². The second-order valence-electron chi connectivity index (χ2n) is 5.49. The van der Waals surface area contributed by atoms with E-state index in [2.05, 4.69) is 5.32 Å². The number of carbonyl (C=O) groups excluding carboxylic acids is 1. The number of piperidine rings is 1. The van der Waals surface area contributed by atoms with E-state index in [9.17, 15) is 21.6 Å². The Labute approximate surface area is 136 Å². The number of nitrogens with one attached hydrogen (secondary N) is 1. The molecule has 1 heterocycles. The van der Waals surface area contributed by atoms with Crippen LogP contribution in [0.15, 0.2) is 34.1 Å². The van der Waals surface area contributed by atoms with E-state index < -0.39 is 25.9 Å². The maximum absolute atomic E-state index is 12.8.